The summed E-state index contributed by atoms with van der Waals surface area (Å²) in [7, 11) is 1.42. The van der Waals surface area contributed by atoms with Crippen molar-refractivity contribution in [2.75, 3.05) is 19.1 Å². The van der Waals surface area contributed by atoms with Crippen LogP contribution < -0.4 is 14.9 Å². The highest BCUT2D eigenvalue weighted by molar-refractivity contribution is 5.88. The molecule has 0 aliphatic heterocycles. The van der Waals surface area contributed by atoms with E-state index in [0.717, 1.165) is 25.7 Å². The normalized spacial score (nSPS) is 10.7. The molecule has 0 amide bonds. The lowest BCUT2D eigenvalue weighted by Gasteiger charge is -2.12. The molecular weight excluding hydrogens is 390 g/mol. The quantitative estimate of drug-likeness (QED) is 0.223. The molecule has 0 saturated carbocycles. The van der Waals surface area contributed by atoms with Gasteiger partial charge in [0.2, 0.25) is 5.75 Å². The average Bonchev–Trinajstić information content (AvgIpc) is 2.74. The molecule has 0 aliphatic rings. The minimum atomic E-state index is -1.02. The second-order valence-corrected chi connectivity index (χ2v) is 6.49. The third-order valence-corrected chi connectivity index (χ3v) is 4.26. The van der Waals surface area contributed by atoms with Gasteiger partial charge in [-0.3, -0.25) is 15.5 Å². The summed E-state index contributed by atoms with van der Waals surface area (Å²) < 4.78 is 10.9. The molecule has 160 valence electrons. The number of carboxylic acids is 1. The Bertz CT molecular complexity index is 896. The van der Waals surface area contributed by atoms with Crippen LogP contribution in [0.4, 0.5) is 11.4 Å². The van der Waals surface area contributed by atoms with Gasteiger partial charge in [0, 0.05) is 11.6 Å². The molecule has 0 atom stereocenters. The van der Waals surface area contributed by atoms with Gasteiger partial charge in [0.05, 0.1) is 36.1 Å². The van der Waals surface area contributed by atoms with E-state index < -0.39 is 10.9 Å². The fourth-order valence-corrected chi connectivity index (χ4v) is 2.69. The van der Waals surface area contributed by atoms with Gasteiger partial charge in [0.1, 0.15) is 0 Å². The lowest BCUT2D eigenvalue weighted by molar-refractivity contribution is -0.386. The minimum Gasteiger partial charge on any atom is -0.493 e. The minimum absolute atomic E-state index is 0.105. The Morgan fingerprint density at radius 2 is 1.97 bits per heavy atom. The van der Waals surface area contributed by atoms with E-state index in [9.17, 15) is 14.9 Å². The van der Waals surface area contributed by atoms with Crippen molar-refractivity contribution in [1.29, 1.82) is 0 Å². The third kappa shape index (κ3) is 6.47. The zero-order chi connectivity index (χ0) is 21.9. The van der Waals surface area contributed by atoms with Gasteiger partial charge in [-0.15, -0.1) is 0 Å². The number of hydrogen-bond donors (Lipinski definition) is 2. The fourth-order valence-electron chi connectivity index (χ4n) is 2.69. The molecule has 9 heteroatoms. The molecule has 9 nitrogen and oxygen atoms in total. The maximum Gasteiger partial charge on any atom is 0.335 e. The number of nitrogens with zero attached hydrogens (tertiary/aromatic N) is 2. The highest BCUT2D eigenvalue weighted by Gasteiger charge is 2.22. The van der Waals surface area contributed by atoms with E-state index >= 15 is 0 Å². The Morgan fingerprint density at radius 1 is 1.23 bits per heavy atom. The third-order valence-electron chi connectivity index (χ3n) is 4.26. The van der Waals surface area contributed by atoms with Gasteiger partial charge in [0.25, 0.3) is 0 Å². The first-order valence-corrected chi connectivity index (χ1v) is 9.58. The summed E-state index contributed by atoms with van der Waals surface area (Å²) in [4.78, 5) is 21.9. The topological polar surface area (TPSA) is 123 Å². The van der Waals surface area contributed by atoms with E-state index in [1.807, 2.05) is 0 Å². The zero-order valence-corrected chi connectivity index (χ0v) is 17.0. The lowest BCUT2D eigenvalue weighted by Crippen LogP contribution is -2.04. The van der Waals surface area contributed by atoms with Crippen molar-refractivity contribution in [3.8, 4) is 11.5 Å². The number of unbranched alkanes of at least 4 members (excludes halogenated alkanes) is 3. The van der Waals surface area contributed by atoms with E-state index in [1.165, 1.54) is 31.5 Å². The molecule has 0 fully saturated rings. The van der Waals surface area contributed by atoms with Crippen LogP contribution in [-0.4, -0.2) is 35.9 Å². The molecule has 30 heavy (non-hydrogen) atoms. The van der Waals surface area contributed by atoms with Gasteiger partial charge in [-0.25, -0.2) is 4.79 Å². The van der Waals surface area contributed by atoms with Crippen molar-refractivity contribution in [3.63, 3.8) is 0 Å². The summed E-state index contributed by atoms with van der Waals surface area (Å²) in [6.07, 6.45) is 5.39. The van der Waals surface area contributed by atoms with Crippen LogP contribution in [0.2, 0.25) is 0 Å². The van der Waals surface area contributed by atoms with Gasteiger partial charge in [-0.1, -0.05) is 26.2 Å². The first-order valence-electron chi connectivity index (χ1n) is 9.58. The first-order chi connectivity index (χ1) is 14.5. The van der Waals surface area contributed by atoms with Crippen LogP contribution in [0.5, 0.6) is 11.5 Å². The van der Waals surface area contributed by atoms with Crippen molar-refractivity contribution >= 4 is 23.6 Å². The van der Waals surface area contributed by atoms with E-state index in [2.05, 4.69) is 17.5 Å². The predicted octanol–water partition coefficient (Wildman–Crippen LogP) is 4.71. The standard InChI is InChI=1S/C21H25N3O6/c1-3-4-5-6-11-30-20-18(24(27)28)12-15(13-19(20)29-2)14-22-23-17-9-7-16(8-10-17)21(25)26/h7-10,12-14,23H,3-6,11H2,1-2H3,(H,25,26). The number of nitrogens with one attached hydrogen (secondary N) is 1. The molecule has 2 aromatic rings. The Labute approximate surface area is 174 Å². The van der Waals surface area contributed by atoms with Crippen LogP contribution in [0, 0.1) is 10.1 Å². The number of anilines is 1. The number of nitro benzene ring substituents is 1. The number of hydrogen-bond acceptors (Lipinski definition) is 7. The Hall–Kier alpha value is -3.62. The fraction of sp³-hybridized carbons (Fsp3) is 0.333. The lowest BCUT2D eigenvalue weighted by atomic mass is 10.1. The largest absolute Gasteiger partial charge is 0.493 e. The summed E-state index contributed by atoms with van der Waals surface area (Å²) in [5, 5.41) is 24.5. The maximum absolute atomic E-state index is 11.5. The molecule has 2 rings (SSSR count). The van der Waals surface area contributed by atoms with Crippen LogP contribution in [0.15, 0.2) is 41.5 Å². The second kappa shape index (κ2) is 11.4. The molecule has 0 aliphatic carbocycles. The highest BCUT2D eigenvalue weighted by Crippen LogP contribution is 2.38. The van der Waals surface area contributed by atoms with Gasteiger partial charge < -0.3 is 14.6 Å². The summed E-state index contributed by atoms with van der Waals surface area (Å²) in [6, 6.07) is 9.00. The number of aromatic carboxylic acids is 1. The monoisotopic (exact) mass is 415 g/mol. The summed E-state index contributed by atoms with van der Waals surface area (Å²) >= 11 is 0. The van der Waals surface area contributed by atoms with Gasteiger partial charge in [0.15, 0.2) is 5.75 Å². The molecule has 2 aromatic carbocycles. The van der Waals surface area contributed by atoms with Crippen LogP contribution in [-0.2, 0) is 0 Å². The van der Waals surface area contributed by atoms with Gasteiger partial charge in [-0.05, 0) is 36.8 Å². The van der Waals surface area contributed by atoms with Crippen LogP contribution in [0.3, 0.4) is 0 Å². The highest BCUT2D eigenvalue weighted by atomic mass is 16.6. The second-order valence-electron chi connectivity index (χ2n) is 6.49. The molecule has 0 saturated heterocycles. The molecular formula is C21H25N3O6. The van der Waals surface area contributed by atoms with E-state index in [4.69, 9.17) is 14.6 Å². The molecule has 0 spiro atoms. The predicted molar refractivity (Wildman–Crippen MR) is 114 cm³/mol. The SMILES string of the molecule is CCCCCCOc1c(OC)cc(C=NNc2ccc(C(=O)O)cc2)cc1[N+](=O)[O-]. The number of benzene rings is 2. The Balaban J connectivity index is 2.13. The first kappa shape index (κ1) is 22.7. The summed E-state index contributed by atoms with van der Waals surface area (Å²) in [5.41, 5.74) is 3.74. The maximum atomic E-state index is 11.5. The van der Waals surface area contributed by atoms with E-state index in [1.54, 1.807) is 18.2 Å². The molecule has 0 unspecified atom stereocenters. The Kier molecular flexibility index (Phi) is 8.61. The van der Waals surface area contributed by atoms with E-state index in [-0.39, 0.29) is 22.7 Å². The van der Waals surface area contributed by atoms with Crippen molar-refractivity contribution < 1.29 is 24.3 Å². The van der Waals surface area contributed by atoms with Crippen LogP contribution >= 0.6 is 0 Å². The average molecular weight is 415 g/mol. The van der Waals surface area contributed by atoms with Crippen LogP contribution in [0.25, 0.3) is 0 Å². The summed E-state index contributed by atoms with van der Waals surface area (Å²) in [6.45, 7) is 2.48. The number of ether oxygens (including phenoxy) is 2. The zero-order valence-electron chi connectivity index (χ0n) is 17.0. The molecule has 0 radical (unpaired) electrons. The van der Waals surface area contributed by atoms with Crippen molar-refractivity contribution in [2.45, 2.75) is 32.6 Å². The van der Waals surface area contributed by atoms with Crippen LogP contribution in [0.1, 0.15) is 48.5 Å². The van der Waals surface area contributed by atoms with Crippen molar-refractivity contribution in [2.24, 2.45) is 5.10 Å². The Morgan fingerprint density at radius 3 is 2.57 bits per heavy atom. The molecule has 0 heterocycles. The number of methoxy groups -OCH3 is 1. The molecule has 0 aromatic heterocycles. The van der Waals surface area contributed by atoms with Crippen molar-refractivity contribution in [3.05, 3.63) is 57.6 Å². The number of carbonyl (C=O) groups is 1. The number of rotatable bonds is 12. The van der Waals surface area contributed by atoms with Gasteiger partial charge >= 0.3 is 11.7 Å². The number of nitro groups is 1. The number of hydrazone groups is 1. The smallest absolute Gasteiger partial charge is 0.335 e. The van der Waals surface area contributed by atoms with E-state index in [0.29, 0.717) is 17.9 Å². The summed E-state index contributed by atoms with van der Waals surface area (Å²) in [5.74, 6) is -0.655. The van der Waals surface area contributed by atoms with Gasteiger partial charge in [-0.2, -0.15) is 5.10 Å². The molecule has 2 N–H and O–H groups in total. The molecule has 0 bridgehead atoms. The number of carboxylic acid groups (broad SMARTS) is 1. The van der Waals surface area contributed by atoms with Crippen molar-refractivity contribution in [1.82, 2.24) is 0 Å².